The van der Waals surface area contributed by atoms with Gasteiger partial charge in [0.25, 0.3) is 0 Å². The van der Waals surface area contributed by atoms with Crippen LogP contribution in [0, 0.1) is 11.6 Å². The molecule has 2 atom stereocenters. The first-order chi connectivity index (χ1) is 16.9. The Hall–Kier alpha value is -3.03. The van der Waals surface area contributed by atoms with Crippen LogP contribution >= 0.6 is 0 Å². The predicted octanol–water partition coefficient (Wildman–Crippen LogP) is 5.16. The molecule has 3 aromatic rings. The van der Waals surface area contributed by atoms with Crippen molar-refractivity contribution in [2.75, 3.05) is 19.8 Å². The van der Waals surface area contributed by atoms with E-state index < -0.39 is 17.7 Å². The standard InChI is InChI=1S/C28H35F2N3O2/c1-4-19-8-7-9-20(10-19)17-32-18-25(26(31)13-21-11-22(29)14-23(30)12-21)27-15-24(34-5-2)16-28(33-27)35-6-3/h7-12,14-16,25-26,32H,4-6,13,17-18,31H2,1-3H3. The van der Waals surface area contributed by atoms with Gasteiger partial charge in [0.2, 0.25) is 5.88 Å². The quantitative estimate of drug-likeness (QED) is 0.351. The lowest BCUT2D eigenvalue weighted by atomic mass is 9.90. The highest BCUT2D eigenvalue weighted by atomic mass is 19.1. The summed E-state index contributed by atoms with van der Waals surface area (Å²) in [6.45, 7) is 8.08. The van der Waals surface area contributed by atoms with Gasteiger partial charge in [-0.1, -0.05) is 31.2 Å². The fourth-order valence-corrected chi connectivity index (χ4v) is 4.11. The third-order valence-corrected chi connectivity index (χ3v) is 5.78. The van der Waals surface area contributed by atoms with Gasteiger partial charge in [0.1, 0.15) is 17.4 Å². The summed E-state index contributed by atoms with van der Waals surface area (Å²) in [4.78, 5) is 4.69. The molecular weight excluding hydrogens is 448 g/mol. The fourth-order valence-electron chi connectivity index (χ4n) is 4.11. The number of aryl methyl sites for hydroxylation is 1. The van der Waals surface area contributed by atoms with Crippen LogP contribution in [-0.4, -0.2) is 30.8 Å². The summed E-state index contributed by atoms with van der Waals surface area (Å²) in [6, 6.07) is 15.1. The molecule has 0 aliphatic heterocycles. The van der Waals surface area contributed by atoms with E-state index in [0.29, 0.717) is 49.2 Å². The number of ether oxygens (including phenoxy) is 2. The Kier molecular flexibility index (Phi) is 9.99. The molecule has 35 heavy (non-hydrogen) atoms. The van der Waals surface area contributed by atoms with E-state index >= 15 is 0 Å². The van der Waals surface area contributed by atoms with Crippen LogP contribution in [0.1, 0.15) is 49.1 Å². The topological polar surface area (TPSA) is 69.4 Å². The van der Waals surface area contributed by atoms with Crippen molar-refractivity contribution in [1.29, 1.82) is 0 Å². The van der Waals surface area contributed by atoms with Crippen LogP contribution in [0.3, 0.4) is 0 Å². The molecule has 1 heterocycles. The Morgan fingerprint density at radius 2 is 1.60 bits per heavy atom. The number of nitrogens with zero attached hydrogens (tertiary/aromatic N) is 1. The van der Waals surface area contributed by atoms with Crippen molar-refractivity contribution in [3.8, 4) is 11.6 Å². The number of nitrogens with two attached hydrogens (primary N) is 1. The van der Waals surface area contributed by atoms with Crippen LogP contribution in [0.4, 0.5) is 8.78 Å². The Morgan fingerprint density at radius 3 is 2.29 bits per heavy atom. The van der Waals surface area contributed by atoms with Crippen LogP contribution in [-0.2, 0) is 19.4 Å². The van der Waals surface area contributed by atoms with Gasteiger partial charge < -0.3 is 20.5 Å². The average Bonchev–Trinajstić information content (AvgIpc) is 2.81. The molecule has 0 spiro atoms. The minimum Gasteiger partial charge on any atom is -0.494 e. The van der Waals surface area contributed by atoms with Crippen LogP contribution in [0.5, 0.6) is 11.6 Å². The summed E-state index contributed by atoms with van der Waals surface area (Å²) in [5, 5.41) is 3.49. The maximum Gasteiger partial charge on any atom is 0.217 e. The van der Waals surface area contributed by atoms with Gasteiger partial charge in [-0.25, -0.2) is 13.8 Å². The molecule has 188 valence electrons. The second-order valence-electron chi connectivity index (χ2n) is 8.49. The molecule has 2 aromatic carbocycles. The summed E-state index contributed by atoms with van der Waals surface area (Å²) < 4.78 is 39.0. The van der Waals surface area contributed by atoms with Crippen LogP contribution in [0.25, 0.3) is 0 Å². The van der Waals surface area contributed by atoms with Crippen molar-refractivity contribution in [2.24, 2.45) is 5.73 Å². The summed E-state index contributed by atoms with van der Waals surface area (Å²) in [5.41, 5.74) is 10.3. The smallest absolute Gasteiger partial charge is 0.217 e. The van der Waals surface area contributed by atoms with Crippen molar-refractivity contribution in [3.63, 3.8) is 0 Å². The Balaban J connectivity index is 1.86. The normalized spacial score (nSPS) is 12.9. The van der Waals surface area contributed by atoms with E-state index in [-0.39, 0.29) is 12.3 Å². The third-order valence-electron chi connectivity index (χ3n) is 5.78. The molecule has 0 aliphatic carbocycles. The maximum atomic E-state index is 13.8. The van der Waals surface area contributed by atoms with E-state index in [9.17, 15) is 8.78 Å². The molecule has 7 heteroatoms. The number of nitrogens with one attached hydrogen (secondary N) is 1. The molecule has 0 bridgehead atoms. The minimum atomic E-state index is -0.618. The van der Waals surface area contributed by atoms with E-state index in [1.807, 2.05) is 19.9 Å². The van der Waals surface area contributed by atoms with Crippen LogP contribution < -0.4 is 20.5 Å². The van der Waals surface area contributed by atoms with Crippen molar-refractivity contribution >= 4 is 0 Å². The molecule has 3 N–H and O–H groups in total. The largest absolute Gasteiger partial charge is 0.494 e. The van der Waals surface area contributed by atoms with E-state index in [1.165, 1.54) is 23.3 Å². The zero-order valence-electron chi connectivity index (χ0n) is 20.7. The second-order valence-corrected chi connectivity index (χ2v) is 8.49. The van der Waals surface area contributed by atoms with E-state index in [1.54, 1.807) is 6.07 Å². The Bertz CT molecular complexity index is 1050. The lowest BCUT2D eigenvalue weighted by Crippen LogP contribution is -2.37. The molecule has 2 unspecified atom stereocenters. The average molecular weight is 484 g/mol. The number of hydrogen-bond acceptors (Lipinski definition) is 5. The second kappa shape index (κ2) is 13.2. The summed E-state index contributed by atoms with van der Waals surface area (Å²) >= 11 is 0. The van der Waals surface area contributed by atoms with Gasteiger partial charge in [-0.15, -0.1) is 0 Å². The molecule has 0 saturated carbocycles. The van der Waals surface area contributed by atoms with Crippen LogP contribution in [0.15, 0.2) is 54.6 Å². The van der Waals surface area contributed by atoms with E-state index in [2.05, 4.69) is 41.5 Å². The van der Waals surface area contributed by atoms with Gasteiger partial charge in [0, 0.05) is 43.2 Å². The molecule has 0 amide bonds. The number of benzene rings is 2. The maximum absolute atomic E-state index is 13.8. The molecule has 0 aliphatic rings. The van der Waals surface area contributed by atoms with Crippen molar-refractivity contribution in [2.45, 2.75) is 52.1 Å². The number of pyridine rings is 1. The van der Waals surface area contributed by atoms with E-state index in [4.69, 9.17) is 15.2 Å². The Labute approximate surface area is 206 Å². The van der Waals surface area contributed by atoms with Gasteiger partial charge >= 0.3 is 0 Å². The third kappa shape index (κ3) is 8.01. The van der Waals surface area contributed by atoms with Crippen molar-refractivity contribution in [3.05, 3.63) is 88.6 Å². The number of rotatable bonds is 13. The van der Waals surface area contributed by atoms with Gasteiger partial charge in [-0.2, -0.15) is 0 Å². The number of hydrogen-bond donors (Lipinski definition) is 2. The molecular formula is C28H35F2N3O2. The highest BCUT2D eigenvalue weighted by molar-refractivity contribution is 5.33. The molecule has 5 nitrogen and oxygen atoms in total. The monoisotopic (exact) mass is 483 g/mol. The predicted molar refractivity (Wildman–Crippen MR) is 135 cm³/mol. The summed E-state index contributed by atoms with van der Waals surface area (Å²) in [6.07, 6.45) is 1.26. The first-order valence-corrected chi connectivity index (χ1v) is 12.2. The fraction of sp³-hybridized carbons (Fsp3) is 0.393. The van der Waals surface area contributed by atoms with Crippen LogP contribution in [0.2, 0.25) is 0 Å². The van der Waals surface area contributed by atoms with Crippen molar-refractivity contribution in [1.82, 2.24) is 10.3 Å². The van der Waals surface area contributed by atoms with E-state index in [0.717, 1.165) is 12.5 Å². The molecule has 0 fully saturated rings. The molecule has 0 saturated heterocycles. The van der Waals surface area contributed by atoms with Crippen molar-refractivity contribution < 1.29 is 18.3 Å². The minimum absolute atomic E-state index is 0.254. The lowest BCUT2D eigenvalue weighted by Gasteiger charge is -2.25. The number of aromatic nitrogens is 1. The Morgan fingerprint density at radius 1 is 0.886 bits per heavy atom. The summed E-state index contributed by atoms with van der Waals surface area (Å²) in [7, 11) is 0. The van der Waals surface area contributed by atoms with Gasteiger partial charge in [-0.3, -0.25) is 0 Å². The molecule has 3 rings (SSSR count). The first-order valence-electron chi connectivity index (χ1n) is 12.2. The first kappa shape index (κ1) is 26.6. The lowest BCUT2D eigenvalue weighted by molar-refractivity contribution is 0.310. The highest BCUT2D eigenvalue weighted by Gasteiger charge is 2.24. The summed E-state index contributed by atoms with van der Waals surface area (Å²) in [5.74, 6) is -0.389. The SMILES string of the molecule is CCOc1cc(OCC)nc(C(CNCc2cccc(CC)c2)C(N)Cc2cc(F)cc(F)c2)c1. The van der Waals surface area contributed by atoms with Gasteiger partial charge in [0.05, 0.1) is 18.9 Å². The van der Waals surface area contributed by atoms with Gasteiger partial charge in [-0.05, 0) is 55.5 Å². The highest BCUT2D eigenvalue weighted by Crippen LogP contribution is 2.27. The zero-order valence-corrected chi connectivity index (χ0v) is 20.7. The molecule has 0 radical (unpaired) electrons. The van der Waals surface area contributed by atoms with Gasteiger partial charge in [0.15, 0.2) is 0 Å². The molecule has 1 aromatic heterocycles. The number of halogens is 2. The zero-order chi connectivity index (χ0) is 25.2.